The summed E-state index contributed by atoms with van der Waals surface area (Å²) in [6.07, 6.45) is 1.98. The van der Waals surface area contributed by atoms with Gasteiger partial charge in [-0.2, -0.15) is 5.10 Å². The maximum Gasteiger partial charge on any atom is 0.223 e. The fourth-order valence-corrected chi connectivity index (χ4v) is 3.68. The molecule has 140 valence electrons. The van der Waals surface area contributed by atoms with Gasteiger partial charge in [0.15, 0.2) is 0 Å². The van der Waals surface area contributed by atoms with Crippen LogP contribution < -0.4 is 10.1 Å². The first-order valence-corrected chi connectivity index (χ1v) is 8.86. The molecule has 8 nitrogen and oxygen atoms in total. The fraction of sp³-hybridized carbons (Fsp3) is 0.556. The number of carbonyl (C=O) groups is 1. The van der Waals surface area contributed by atoms with Crippen molar-refractivity contribution in [1.29, 1.82) is 0 Å². The van der Waals surface area contributed by atoms with E-state index in [0.717, 1.165) is 17.0 Å². The van der Waals surface area contributed by atoms with Crippen molar-refractivity contribution in [2.45, 2.75) is 33.2 Å². The third kappa shape index (κ3) is 3.36. The summed E-state index contributed by atoms with van der Waals surface area (Å²) in [6.45, 7) is 7.16. The Bertz CT molecular complexity index is 803. The minimum absolute atomic E-state index is 0.0110. The van der Waals surface area contributed by atoms with Crippen molar-refractivity contribution in [3.05, 3.63) is 29.3 Å². The third-order valence-corrected chi connectivity index (χ3v) is 5.03. The van der Waals surface area contributed by atoms with Gasteiger partial charge in [0.05, 0.1) is 18.3 Å². The Balaban J connectivity index is 1.79. The smallest absolute Gasteiger partial charge is 0.223 e. The molecule has 1 amide bonds. The lowest BCUT2D eigenvalue weighted by Gasteiger charge is -2.26. The van der Waals surface area contributed by atoms with Crippen LogP contribution in [-0.2, 0) is 11.8 Å². The second kappa shape index (κ2) is 7.31. The van der Waals surface area contributed by atoms with Gasteiger partial charge in [0.25, 0.3) is 0 Å². The predicted octanol–water partition coefficient (Wildman–Crippen LogP) is 1.86. The lowest BCUT2D eigenvalue weighted by molar-refractivity contribution is -0.127. The number of nitrogens with one attached hydrogen (secondary N) is 1. The van der Waals surface area contributed by atoms with E-state index in [2.05, 4.69) is 27.3 Å². The largest absolute Gasteiger partial charge is 0.478 e. The van der Waals surface area contributed by atoms with Crippen molar-refractivity contribution in [2.75, 3.05) is 25.5 Å². The third-order valence-electron chi connectivity index (χ3n) is 5.03. The van der Waals surface area contributed by atoms with Gasteiger partial charge in [-0.15, -0.1) is 0 Å². The number of rotatable bonds is 6. The number of nitrogens with zero attached hydrogens (tertiary/aromatic N) is 5. The lowest BCUT2D eigenvalue weighted by Crippen LogP contribution is -2.27. The van der Waals surface area contributed by atoms with Gasteiger partial charge in [-0.3, -0.25) is 9.48 Å². The van der Waals surface area contributed by atoms with Crippen LogP contribution in [0.25, 0.3) is 0 Å². The number of hydrogen-bond donors (Lipinski definition) is 1. The minimum Gasteiger partial charge on any atom is -0.478 e. The molecule has 2 aromatic rings. The van der Waals surface area contributed by atoms with Crippen molar-refractivity contribution >= 4 is 11.7 Å². The van der Waals surface area contributed by atoms with Crippen LogP contribution in [0.3, 0.4) is 0 Å². The average Bonchev–Trinajstić information content (AvgIpc) is 3.02. The van der Waals surface area contributed by atoms with Gasteiger partial charge in [0.2, 0.25) is 11.8 Å². The SMILES string of the molecule is CCOc1cc(NC[C@@H]2CC(=O)N(C)[C@H]2c2c(C)nn(C)c2C)ncn1. The highest BCUT2D eigenvalue weighted by Crippen LogP contribution is 2.39. The Labute approximate surface area is 153 Å². The van der Waals surface area contributed by atoms with E-state index in [1.807, 2.05) is 37.5 Å². The molecular formula is C18H26N6O2. The topological polar surface area (TPSA) is 85.2 Å². The van der Waals surface area contributed by atoms with Gasteiger partial charge < -0.3 is 15.0 Å². The zero-order chi connectivity index (χ0) is 18.8. The molecule has 1 fully saturated rings. The molecule has 26 heavy (non-hydrogen) atoms. The predicted molar refractivity (Wildman–Crippen MR) is 98.0 cm³/mol. The van der Waals surface area contributed by atoms with E-state index >= 15 is 0 Å². The summed E-state index contributed by atoms with van der Waals surface area (Å²) in [6, 6.07) is 1.79. The number of aromatic nitrogens is 4. The Morgan fingerprint density at radius 2 is 2.08 bits per heavy atom. The number of anilines is 1. The fourth-order valence-electron chi connectivity index (χ4n) is 3.68. The van der Waals surface area contributed by atoms with E-state index in [9.17, 15) is 4.79 Å². The molecule has 0 unspecified atom stereocenters. The summed E-state index contributed by atoms with van der Waals surface area (Å²) >= 11 is 0. The number of hydrogen-bond acceptors (Lipinski definition) is 6. The standard InChI is InChI=1S/C18H26N6O2/c1-6-26-15-8-14(20-10-21-15)19-9-13-7-16(25)23(4)18(13)17-11(2)22-24(5)12(17)3/h8,10,13,18H,6-7,9H2,1-5H3,(H,19,20,21)/t13-,18+/m0/s1. The number of amides is 1. The molecule has 2 atom stereocenters. The van der Waals surface area contributed by atoms with Gasteiger partial charge in [-0.25, -0.2) is 9.97 Å². The number of carbonyl (C=O) groups excluding carboxylic acids is 1. The molecule has 0 radical (unpaired) electrons. The highest BCUT2D eigenvalue weighted by Gasteiger charge is 2.40. The van der Waals surface area contributed by atoms with Crippen LogP contribution in [-0.4, -0.2) is 50.8 Å². The highest BCUT2D eigenvalue weighted by atomic mass is 16.5. The molecular weight excluding hydrogens is 332 g/mol. The summed E-state index contributed by atoms with van der Waals surface area (Å²) < 4.78 is 7.29. The minimum atomic E-state index is 0.0110. The second-order valence-corrected chi connectivity index (χ2v) is 6.68. The maximum atomic E-state index is 12.4. The van der Waals surface area contributed by atoms with Crippen LogP contribution in [0.15, 0.2) is 12.4 Å². The van der Waals surface area contributed by atoms with Crippen molar-refractivity contribution in [1.82, 2.24) is 24.6 Å². The molecule has 2 aromatic heterocycles. The van der Waals surface area contributed by atoms with Crippen molar-refractivity contribution < 1.29 is 9.53 Å². The first kappa shape index (κ1) is 18.2. The van der Waals surface area contributed by atoms with E-state index in [4.69, 9.17) is 4.74 Å². The molecule has 1 N–H and O–H groups in total. The van der Waals surface area contributed by atoms with Crippen molar-refractivity contribution in [2.24, 2.45) is 13.0 Å². The van der Waals surface area contributed by atoms with Crippen LogP contribution in [0.2, 0.25) is 0 Å². The zero-order valence-corrected chi connectivity index (χ0v) is 16.0. The van der Waals surface area contributed by atoms with Crippen molar-refractivity contribution in [3.8, 4) is 5.88 Å². The molecule has 0 saturated carbocycles. The summed E-state index contributed by atoms with van der Waals surface area (Å²) in [7, 11) is 3.81. The molecule has 3 rings (SSSR count). The molecule has 0 spiro atoms. The van der Waals surface area contributed by atoms with E-state index in [1.165, 1.54) is 6.33 Å². The maximum absolute atomic E-state index is 12.4. The van der Waals surface area contributed by atoms with Gasteiger partial charge in [-0.1, -0.05) is 0 Å². The highest BCUT2D eigenvalue weighted by molar-refractivity contribution is 5.79. The van der Waals surface area contributed by atoms with Gasteiger partial charge in [0, 0.05) is 50.3 Å². The number of ether oxygens (including phenoxy) is 1. The molecule has 0 bridgehead atoms. The molecule has 3 heterocycles. The first-order chi connectivity index (χ1) is 12.4. The summed E-state index contributed by atoms with van der Waals surface area (Å²) in [4.78, 5) is 22.5. The summed E-state index contributed by atoms with van der Waals surface area (Å²) in [5.74, 6) is 1.53. The lowest BCUT2D eigenvalue weighted by atomic mass is 9.92. The van der Waals surface area contributed by atoms with E-state index in [-0.39, 0.29) is 17.9 Å². The van der Waals surface area contributed by atoms with Gasteiger partial charge in [-0.05, 0) is 20.8 Å². The van der Waals surface area contributed by atoms with E-state index in [1.54, 1.807) is 6.07 Å². The second-order valence-electron chi connectivity index (χ2n) is 6.68. The monoisotopic (exact) mass is 358 g/mol. The molecule has 0 aromatic carbocycles. The number of aryl methyl sites for hydroxylation is 2. The molecule has 0 aliphatic carbocycles. The molecule has 8 heteroatoms. The Kier molecular flexibility index (Phi) is 5.11. The Morgan fingerprint density at radius 1 is 1.31 bits per heavy atom. The van der Waals surface area contributed by atoms with Crippen LogP contribution in [0, 0.1) is 19.8 Å². The average molecular weight is 358 g/mol. The summed E-state index contributed by atoms with van der Waals surface area (Å²) in [5, 5.41) is 7.86. The first-order valence-electron chi connectivity index (χ1n) is 8.86. The van der Waals surface area contributed by atoms with Crippen molar-refractivity contribution in [3.63, 3.8) is 0 Å². The molecule has 1 saturated heterocycles. The normalized spacial score (nSPS) is 19.9. The quantitative estimate of drug-likeness (QED) is 0.848. The van der Waals surface area contributed by atoms with Gasteiger partial charge in [0.1, 0.15) is 12.1 Å². The van der Waals surface area contributed by atoms with Crippen LogP contribution in [0.5, 0.6) is 5.88 Å². The Morgan fingerprint density at radius 3 is 2.73 bits per heavy atom. The van der Waals surface area contributed by atoms with Crippen LogP contribution >= 0.6 is 0 Å². The zero-order valence-electron chi connectivity index (χ0n) is 16.0. The molecule has 1 aliphatic heterocycles. The van der Waals surface area contributed by atoms with E-state index in [0.29, 0.717) is 31.3 Å². The van der Waals surface area contributed by atoms with Crippen LogP contribution in [0.1, 0.15) is 36.3 Å². The van der Waals surface area contributed by atoms with Gasteiger partial charge >= 0.3 is 0 Å². The molecule has 1 aliphatic rings. The summed E-state index contributed by atoms with van der Waals surface area (Å²) in [5.41, 5.74) is 3.22. The van der Waals surface area contributed by atoms with Crippen LogP contribution in [0.4, 0.5) is 5.82 Å². The Hall–Kier alpha value is -2.64. The van der Waals surface area contributed by atoms with E-state index < -0.39 is 0 Å². The number of likely N-dealkylation sites (tertiary alicyclic amines) is 1.